The minimum absolute atomic E-state index is 0.151. The van der Waals surface area contributed by atoms with Gasteiger partial charge in [0, 0.05) is 26.6 Å². The van der Waals surface area contributed by atoms with Crippen LogP contribution in [0.15, 0.2) is 46.2 Å². The minimum atomic E-state index is -0.579. The molecule has 0 saturated heterocycles. The molecule has 10 heteroatoms. The average molecular weight is 604 g/mol. The van der Waals surface area contributed by atoms with Crippen molar-refractivity contribution in [1.82, 2.24) is 10.3 Å². The van der Waals surface area contributed by atoms with E-state index < -0.39 is 5.54 Å². The maximum absolute atomic E-state index is 6.17. The highest BCUT2D eigenvalue weighted by Crippen LogP contribution is 2.29. The minimum Gasteiger partial charge on any atom is -0.484 e. The zero-order valence-electron chi connectivity index (χ0n) is 19.0. The highest BCUT2D eigenvalue weighted by Gasteiger charge is 2.21. The van der Waals surface area contributed by atoms with E-state index in [1.165, 1.54) is 0 Å². The number of nitrogens with zero attached hydrogens (tertiary/aromatic N) is 2. The second kappa shape index (κ2) is 11.4. The number of benzene rings is 2. The summed E-state index contributed by atoms with van der Waals surface area (Å²) in [6, 6.07) is 9.15. The number of aromatic nitrogens is 1. The van der Waals surface area contributed by atoms with E-state index in [0.29, 0.717) is 25.6 Å². The van der Waals surface area contributed by atoms with Crippen molar-refractivity contribution < 1.29 is 9.57 Å². The van der Waals surface area contributed by atoms with Gasteiger partial charge in [-0.3, -0.25) is 4.98 Å². The van der Waals surface area contributed by atoms with Crippen LogP contribution in [0.4, 0.5) is 0 Å². The summed E-state index contributed by atoms with van der Waals surface area (Å²) >= 11 is 27.2. The molecule has 0 saturated carbocycles. The number of hydrogen-bond acceptors (Lipinski definition) is 5. The lowest BCUT2D eigenvalue weighted by Gasteiger charge is -2.26. The van der Waals surface area contributed by atoms with Gasteiger partial charge in [0.05, 0.1) is 27.3 Å². The number of fused-ring (bicyclic) bond motifs is 1. The second-order valence-corrected chi connectivity index (χ2v) is 10.9. The molecule has 0 aliphatic heterocycles. The molecule has 1 aromatic heterocycles. The summed E-state index contributed by atoms with van der Waals surface area (Å²) in [5, 5.41) is 9.54. The van der Waals surface area contributed by atoms with E-state index in [-0.39, 0.29) is 12.7 Å². The van der Waals surface area contributed by atoms with Crippen molar-refractivity contribution in [2.75, 3.05) is 0 Å². The Morgan fingerprint density at radius 2 is 1.88 bits per heavy atom. The summed E-state index contributed by atoms with van der Waals surface area (Å²) in [5.74, 6) is 0.717. The Kier molecular flexibility index (Phi) is 9.04. The van der Waals surface area contributed by atoms with Gasteiger partial charge in [0.25, 0.3) is 0 Å². The fourth-order valence-electron chi connectivity index (χ4n) is 3.10. The lowest BCUT2D eigenvalue weighted by Crippen LogP contribution is -2.48. The van der Waals surface area contributed by atoms with Crippen molar-refractivity contribution >= 4 is 85.1 Å². The third-order valence-electron chi connectivity index (χ3n) is 4.80. The van der Waals surface area contributed by atoms with Crippen molar-refractivity contribution in [2.24, 2.45) is 5.16 Å². The number of ether oxygens (including phenoxy) is 1. The Morgan fingerprint density at radius 3 is 2.62 bits per heavy atom. The first-order chi connectivity index (χ1) is 15.9. The number of hydrogen-bond donors (Lipinski definition) is 1. The van der Waals surface area contributed by atoms with Gasteiger partial charge in [-0.15, -0.1) is 0 Å². The lowest BCUT2D eigenvalue weighted by atomic mass is 10.1. The van der Waals surface area contributed by atoms with Crippen LogP contribution in [0.1, 0.15) is 31.9 Å². The third-order valence-corrected chi connectivity index (χ3v) is 6.74. The van der Waals surface area contributed by atoms with E-state index in [9.17, 15) is 0 Å². The normalized spacial score (nSPS) is 12.7. The Balaban J connectivity index is 1.58. The SMILES string of the molecule is Cc1cc(OC(C)C(=S)NC(C)(C)C=NOCc2cc(Cl)c(Cl)cc2Cl)cc2cc(Br)cnc12. The molecule has 1 heterocycles. The molecule has 0 aliphatic rings. The zero-order chi connectivity index (χ0) is 25.0. The number of oxime groups is 1. The molecule has 0 bridgehead atoms. The molecule has 0 aliphatic carbocycles. The van der Waals surface area contributed by atoms with E-state index in [1.54, 1.807) is 24.5 Å². The van der Waals surface area contributed by atoms with Crippen LogP contribution in [-0.2, 0) is 11.4 Å². The van der Waals surface area contributed by atoms with Gasteiger partial charge in [-0.1, -0.05) is 52.2 Å². The number of halogens is 4. The molecule has 180 valence electrons. The first-order valence-electron chi connectivity index (χ1n) is 10.3. The first-order valence-corrected chi connectivity index (χ1v) is 12.6. The topological polar surface area (TPSA) is 55.7 Å². The van der Waals surface area contributed by atoms with Gasteiger partial charge in [-0.05, 0) is 79.5 Å². The summed E-state index contributed by atoms with van der Waals surface area (Å²) in [4.78, 5) is 10.4. The van der Waals surface area contributed by atoms with Gasteiger partial charge in [0.1, 0.15) is 23.4 Å². The second-order valence-electron chi connectivity index (χ2n) is 8.30. The monoisotopic (exact) mass is 601 g/mol. The molecule has 5 nitrogen and oxygen atoms in total. The molecule has 2 aromatic carbocycles. The predicted octanol–water partition coefficient (Wildman–Crippen LogP) is 7.93. The molecule has 0 spiro atoms. The third kappa shape index (κ3) is 7.18. The van der Waals surface area contributed by atoms with Crippen LogP contribution in [0.5, 0.6) is 5.75 Å². The van der Waals surface area contributed by atoms with E-state index in [4.69, 9.17) is 56.6 Å². The van der Waals surface area contributed by atoms with Crippen LogP contribution in [0.3, 0.4) is 0 Å². The van der Waals surface area contributed by atoms with Crippen molar-refractivity contribution in [3.8, 4) is 5.75 Å². The molecule has 1 N–H and O–H groups in total. The van der Waals surface area contributed by atoms with Crippen LogP contribution in [-0.4, -0.2) is 27.8 Å². The summed E-state index contributed by atoms with van der Waals surface area (Å²) in [6.45, 7) is 7.90. The molecule has 0 amide bonds. The Hall–Kier alpha value is -1.64. The van der Waals surface area contributed by atoms with E-state index >= 15 is 0 Å². The molecule has 1 unspecified atom stereocenters. The summed E-state index contributed by atoms with van der Waals surface area (Å²) < 4.78 is 7.02. The van der Waals surface area contributed by atoms with Gasteiger partial charge in [0.2, 0.25) is 0 Å². The summed E-state index contributed by atoms with van der Waals surface area (Å²) in [7, 11) is 0. The van der Waals surface area contributed by atoms with E-state index in [2.05, 4.69) is 31.4 Å². The smallest absolute Gasteiger partial charge is 0.146 e. The first kappa shape index (κ1) is 27.0. The van der Waals surface area contributed by atoms with Crippen LogP contribution in [0, 0.1) is 6.92 Å². The van der Waals surface area contributed by atoms with Gasteiger partial charge in [-0.2, -0.15) is 0 Å². The van der Waals surface area contributed by atoms with Gasteiger partial charge < -0.3 is 14.9 Å². The maximum Gasteiger partial charge on any atom is 0.146 e. The van der Waals surface area contributed by atoms with Gasteiger partial charge >= 0.3 is 0 Å². The van der Waals surface area contributed by atoms with Gasteiger partial charge in [0.15, 0.2) is 0 Å². The maximum atomic E-state index is 6.17. The molecular weight excluding hydrogens is 581 g/mol. The number of thiocarbonyl (C=S) groups is 1. The van der Waals surface area contributed by atoms with Gasteiger partial charge in [-0.25, -0.2) is 0 Å². The van der Waals surface area contributed by atoms with E-state index in [1.807, 2.05) is 45.9 Å². The van der Waals surface area contributed by atoms with Crippen LogP contribution in [0.2, 0.25) is 15.1 Å². The molecule has 3 rings (SSSR count). The Labute approximate surface area is 227 Å². The molecular formula is C24H23BrCl3N3O2S. The largest absolute Gasteiger partial charge is 0.484 e. The Morgan fingerprint density at radius 1 is 1.18 bits per heavy atom. The van der Waals surface area contributed by atoms with Crippen molar-refractivity contribution in [1.29, 1.82) is 0 Å². The quantitative estimate of drug-likeness (QED) is 0.123. The Bertz CT molecular complexity index is 1250. The molecule has 1 atom stereocenters. The van der Waals surface area contributed by atoms with Crippen LogP contribution < -0.4 is 10.1 Å². The number of rotatable bonds is 8. The lowest BCUT2D eigenvalue weighted by molar-refractivity contribution is 0.130. The highest BCUT2D eigenvalue weighted by molar-refractivity contribution is 9.10. The molecule has 0 radical (unpaired) electrons. The van der Waals surface area contributed by atoms with Crippen LogP contribution >= 0.6 is 63.0 Å². The van der Waals surface area contributed by atoms with Crippen molar-refractivity contribution in [3.05, 3.63) is 67.2 Å². The molecule has 34 heavy (non-hydrogen) atoms. The highest BCUT2D eigenvalue weighted by atomic mass is 79.9. The average Bonchev–Trinajstić information content (AvgIpc) is 2.74. The summed E-state index contributed by atoms with van der Waals surface area (Å²) in [5.41, 5.74) is 2.06. The van der Waals surface area contributed by atoms with Crippen molar-refractivity contribution in [2.45, 2.75) is 45.9 Å². The molecule has 3 aromatic rings. The zero-order valence-corrected chi connectivity index (χ0v) is 23.6. The standard InChI is InChI=1S/C24H23BrCl3N3O2S/c1-13-5-18(7-15-6-17(25)10-29-22(13)15)33-14(2)23(34)31-24(3,4)12-30-32-11-16-8-20(27)21(28)9-19(16)26/h5-10,12,14H,11H2,1-4H3,(H,31,34). The number of nitrogens with one attached hydrogen (secondary N) is 1. The fourth-order valence-corrected chi connectivity index (χ4v) is 4.38. The number of aryl methyl sites for hydroxylation is 1. The summed E-state index contributed by atoms with van der Waals surface area (Å²) in [6.07, 6.45) is 3.04. The van der Waals surface area contributed by atoms with E-state index in [0.717, 1.165) is 26.7 Å². The fraction of sp³-hybridized carbons (Fsp3) is 0.292. The predicted molar refractivity (Wildman–Crippen MR) is 149 cm³/mol. The molecule has 0 fully saturated rings. The number of pyridine rings is 1. The van der Waals surface area contributed by atoms with Crippen LogP contribution in [0.25, 0.3) is 10.9 Å². The van der Waals surface area contributed by atoms with Crippen molar-refractivity contribution in [3.63, 3.8) is 0 Å².